The highest BCUT2D eigenvalue weighted by Crippen LogP contribution is 2.57. The summed E-state index contributed by atoms with van der Waals surface area (Å²) in [5, 5.41) is 14.6. The summed E-state index contributed by atoms with van der Waals surface area (Å²) in [5.41, 5.74) is 3.99. The summed E-state index contributed by atoms with van der Waals surface area (Å²) >= 11 is 6.30. The Kier molecular flexibility index (Phi) is 10.8. The van der Waals surface area contributed by atoms with Crippen LogP contribution >= 0.6 is 11.6 Å². The van der Waals surface area contributed by atoms with Crippen LogP contribution in [0.5, 0.6) is 11.5 Å². The number of nitrogens with zero attached hydrogens (tertiary/aromatic N) is 2. The van der Waals surface area contributed by atoms with E-state index in [2.05, 4.69) is 42.3 Å². The largest absolute Gasteiger partial charge is 0.493 e. The lowest BCUT2D eigenvalue weighted by Crippen LogP contribution is -2.53. The smallest absolute Gasteiger partial charge is 0.410 e. The summed E-state index contributed by atoms with van der Waals surface area (Å²) in [6.07, 6.45) is 9.32. The molecule has 1 saturated carbocycles. The van der Waals surface area contributed by atoms with Crippen molar-refractivity contribution in [2.24, 2.45) is 17.8 Å². The Hall–Kier alpha value is -3.98. The second kappa shape index (κ2) is 15.3. The van der Waals surface area contributed by atoms with Crippen molar-refractivity contribution in [3.63, 3.8) is 0 Å². The molecule has 3 aliphatic carbocycles. The molecule has 2 fully saturated rings. The van der Waals surface area contributed by atoms with Crippen LogP contribution in [0.4, 0.5) is 10.5 Å². The summed E-state index contributed by atoms with van der Waals surface area (Å²) in [6.45, 7) is 12.6. The fraction of sp³-hybridized carbons (Fsp3) is 0.568. The maximum atomic E-state index is 13.0. The summed E-state index contributed by atoms with van der Waals surface area (Å²) in [7, 11) is 0. The van der Waals surface area contributed by atoms with E-state index in [0.29, 0.717) is 61.9 Å². The molecule has 0 unspecified atom stereocenters. The van der Waals surface area contributed by atoms with E-state index in [-0.39, 0.29) is 17.4 Å². The van der Waals surface area contributed by atoms with Crippen LogP contribution in [0.1, 0.15) is 108 Å². The van der Waals surface area contributed by atoms with Crippen LogP contribution in [-0.2, 0) is 27.8 Å². The molecule has 9 nitrogen and oxygen atoms in total. The van der Waals surface area contributed by atoms with Crippen LogP contribution in [0.2, 0.25) is 5.02 Å². The van der Waals surface area contributed by atoms with Crippen molar-refractivity contribution in [3.05, 3.63) is 82.1 Å². The number of aromatic nitrogens is 1. The lowest BCUT2D eigenvalue weighted by atomic mass is 9.59. The highest BCUT2D eigenvalue weighted by molar-refractivity contribution is 6.30. The number of fused-ring (bicyclic) bond motifs is 3. The zero-order valence-electron chi connectivity index (χ0n) is 32.5. The minimum Gasteiger partial charge on any atom is -0.493 e. The van der Waals surface area contributed by atoms with Crippen LogP contribution in [0.25, 0.3) is 0 Å². The predicted molar refractivity (Wildman–Crippen MR) is 211 cm³/mol. The Bertz CT molecular complexity index is 1840. The van der Waals surface area contributed by atoms with Crippen LogP contribution < -0.4 is 14.8 Å². The number of likely N-dealkylation sites (tertiary alicyclic amines) is 1. The Labute approximate surface area is 325 Å². The number of benzene rings is 2. The van der Waals surface area contributed by atoms with Gasteiger partial charge in [-0.1, -0.05) is 37.6 Å². The predicted octanol–water partition coefficient (Wildman–Crippen LogP) is 9.45. The molecule has 1 aromatic heterocycles. The molecule has 0 bridgehead atoms. The zero-order valence-corrected chi connectivity index (χ0v) is 33.2. The highest BCUT2D eigenvalue weighted by atomic mass is 35.5. The van der Waals surface area contributed by atoms with Gasteiger partial charge in [0.15, 0.2) is 0 Å². The third-order valence-corrected chi connectivity index (χ3v) is 12.6. The number of anilines is 1. The Morgan fingerprint density at radius 3 is 2.57 bits per heavy atom. The number of ether oxygens (including phenoxy) is 3. The van der Waals surface area contributed by atoms with E-state index >= 15 is 0 Å². The van der Waals surface area contributed by atoms with Crippen molar-refractivity contribution < 1.29 is 28.9 Å². The number of hydrogen-bond donors (Lipinski definition) is 2. The number of aryl methyl sites for hydroxylation is 1. The van der Waals surface area contributed by atoms with Crippen molar-refractivity contribution in [1.82, 2.24) is 9.88 Å². The molecule has 7 rings (SSSR count). The van der Waals surface area contributed by atoms with Crippen LogP contribution in [0, 0.1) is 17.8 Å². The number of carboxylic acids is 1. The van der Waals surface area contributed by atoms with Crippen molar-refractivity contribution in [2.45, 2.75) is 115 Å². The van der Waals surface area contributed by atoms with Gasteiger partial charge in [0.1, 0.15) is 22.6 Å². The molecule has 10 heteroatoms. The van der Waals surface area contributed by atoms with Gasteiger partial charge in [0.05, 0.1) is 13.2 Å². The molecule has 4 aliphatic rings. The van der Waals surface area contributed by atoms with Crippen molar-refractivity contribution >= 4 is 29.4 Å². The lowest BCUT2D eigenvalue weighted by Gasteiger charge is -2.47. The standard InChI is InChI=1S/C44H56ClN3O6/c1-28(26-53-38-14-19-46-37-11-6-8-29(2)39(37)38)20-32-21-31-12-13-35(52-27-30-24-48(25-30)41(51)54-42(3,4)5)23-36(31)43(32)15-17-44(18-16-43,40(49)50)47-34-10-7-9-33(45)22-34/h7,9-10,12-14,19,22-23,28-30,32,47H,6,8,11,15-18,20-21,24-27H2,1-5H3,(H,49,50)/t28-,29-,32-,43?,44?/m1/s1. The van der Waals surface area contributed by atoms with Crippen LogP contribution in [-0.4, -0.2) is 64.5 Å². The van der Waals surface area contributed by atoms with E-state index < -0.39 is 17.1 Å². The summed E-state index contributed by atoms with van der Waals surface area (Å²) in [5.74, 6) is 2.28. The SMILES string of the molecule is C[C@@H](COc1ccnc2c1[C@H](C)CCC2)C[C@@H]1Cc2ccc(OCC3CN(C(=O)OC(C)(C)C)C3)cc2C12CCC(Nc1cccc(Cl)c1)(C(=O)O)CC2. The number of halogens is 1. The first-order valence-corrected chi connectivity index (χ1v) is 20.2. The number of carboxylic acid groups (broad SMARTS) is 1. The van der Waals surface area contributed by atoms with Gasteiger partial charge >= 0.3 is 12.1 Å². The number of aliphatic carboxylic acids is 1. The van der Waals surface area contributed by atoms with Crippen molar-refractivity contribution in [1.29, 1.82) is 0 Å². The number of hydrogen-bond acceptors (Lipinski definition) is 7. The van der Waals surface area contributed by atoms with E-state index in [1.807, 2.05) is 45.2 Å². The second-order valence-electron chi connectivity index (χ2n) is 17.6. The van der Waals surface area contributed by atoms with Gasteiger partial charge in [-0.05, 0) is 149 Å². The Balaban J connectivity index is 1.08. The number of nitrogens with one attached hydrogen (secondary N) is 1. The molecule has 3 atom stereocenters. The van der Waals surface area contributed by atoms with Gasteiger partial charge in [0, 0.05) is 47.2 Å². The summed E-state index contributed by atoms with van der Waals surface area (Å²) in [6, 6.07) is 15.9. The van der Waals surface area contributed by atoms with Crippen LogP contribution in [0.3, 0.4) is 0 Å². The van der Waals surface area contributed by atoms with E-state index in [1.54, 1.807) is 17.0 Å². The van der Waals surface area contributed by atoms with Gasteiger partial charge < -0.3 is 29.5 Å². The molecule has 2 heterocycles. The average molecular weight is 758 g/mol. The molecule has 290 valence electrons. The molecule has 0 radical (unpaired) electrons. The quantitative estimate of drug-likeness (QED) is 0.199. The van der Waals surface area contributed by atoms with E-state index in [0.717, 1.165) is 55.7 Å². The minimum atomic E-state index is -1.09. The molecule has 3 aromatic rings. The van der Waals surface area contributed by atoms with Crippen LogP contribution in [0.15, 0.2) is 54.7 Å². The first-order valence-electron chi connectivity index (χ1n) is 19.9. The Morgan fingerprint density at radius 1 is 1.07 bits per heavy atom. The van der Waals surface area contributed by atoms with Gasteiger partial charge in [0.2, 0.25) is 0 Å². The third-order valence-electron chi connectivity index (χ3n) is 12.4. The molecule has 2 N–H and O–H groups in total. The molecule has 54 heavy (non-hydrogen) atoms. The summed E-state index contributed by atoms with van der Waals surface area (Å²) < 4.78 is 18.5. The van der Waals surface area contributed by atoms with E-state index in [1.165, 1.54) is 28.8 Å². The molecular formula is C44H56ClN3O6. The fourth-order valence-corrected chi connectivity index (χ4v) is 9.72. The van der Waals surface area contributed by atoms with E-state index in [4.69, 9.17) is 25.8 Å². The number of amides is 1. The molecule has 1 saturated heterocycles. The van der Waals surface area contributed by atoms with Gasteiger partial charge in [0.25, 0.3) is 0 Å². The number of carbonyl (C=O) groups excluding carboxylic acids is 1. The monoisotopic (exact) mass is 757 g/mol. The number of pyridine rings is 1. The topological polar surface area (TPSA) is 110 Å². The highest BCUT2D eigenvalue weighted by Gasteiger charge is 2.54. The molecular weight excluding hydrogens is 702 g/mol. The van der Waals surface area contributed by atoms with Crippen molar-refractivity contribution in [3.8, 4) is 11.5 Å². The minimum absolute atomic E-state index is 0.188. The second-order valence-corrected chi connectivity index (χ2v) is 18.0. The van der Waals surface area contributed by atoms with Gasteiger partial charge in [-0.3, -0.25) is 4.98 Å². The number of rotatable bonds is 11. The Morgan fingerprint density at radius 2 is 1.85 bits per heavy atom. The zero-order chi connectivity index (χ0) is 38.3. The third kappa shape index (κ3) is 8.02. The molecule has 1 aliphatic heterocycles. The summed E-state index contributed by atoms with van der Waals surface area (Å²) in [4.78, 5) is 31.9. The first-order chi connectivity index (χ1) is 25.7. The molecule has 1 amide bonds. The van der Waals surface area contributed by atoms with Crippen molar-refractivity contribution in [2.75, 3.05) is 31.6 Å². The van der Waals surface area contributed by atoms with Gasteiger partial charge in [-0.2, -0.15) is 0 Å². The fourth-order valence-electron chi connectivity index (χ4n) is 9.53. The lowest BCUT2D eigenvalue weighted by molar-refractivity contribution is -0.144. The maximum absolute atomic E-state index is 13.0. The maximum Gasteiger partial charge on any atom is 0.410 e. The average Bonchev–Trinajstić information content (AvgIpc) is 3.38. The molecule has 2 aromatic carbocycles. The van der Waals surface area contributed by atoms with Gasteiger partial charge in [-0.15, -0.1) is 0 Å². The number of carbonyl (C=O) groups is 2. The van der Waals surface area contributed by atoms with E-state index in [9.17, 15) is 14.7 Å². The first kappa shape index (κ1) is 38.3. The molecule has 1 spiro atoms. The van der Waals surface area contributed by atoms with Gasteiger partial charge in [-0.25, -0.2) is 9.59 Å². The normalized spacial score (nSPS) is 25.6.